The number of amides is 1. The molecule has 1 fully saturated rings. The summed E-state index contributed by atoms with van der Waals surface area (Å²) in [6.07, 6.45) is 2.97. The molecular weight excluding hydrogens is 382 g/mol. The molecule has 2 aliphatic heterocycles. The van der Waals surface area contributed by atoms with E-state index in [4.69, 9.17) is 10.1 Å². The van der Waals surface area contributed by atoms with Crippen LogP contribution in [0.2, 0.25) is 0 Å². The highest BCUT2D eigenvalue weighted by Gasteiger charge is 2.26. The van der Waals surface area contributed by atoms with Crippen molar-refractivity contribution in [1.29, 1.82) is 5.41 Å². The van der Waals surface area contributed by atoms with Gasteiger partial charge in [0.15, 0.2) is 5.82 Å². The molecule has 2 atom stereocenters. The van der Waals surface area contributed by atoms with Crippen LogP contribution in [0.5, 0.6) is 0 Å². The fraction of sp³-hybridized carbons (Fsp3) is 0.526. The van der Waals surface area contributed by atoms with E-state index in [-0.39, 0.29) is 34.5 Å². The first-order valence-electron chi connectivity index (χ1n) is 9.76. The molecule has 1 aromatic heterocycles. The van der Waals surface area contributed by atoms with E-state index in [1.165, 1.54) is 10.7 Å². The Labute approximate surface area is 166 Å². The van der Waals surface area contributed by atoms with E-state index in [0.717, 1.165) is 31.7 Å². The average Bonchev–Trinajstić information content (AvgIpc) is 3.36. The summed E-state index contributed by atoms with van der Waals surface area (Å²) >= 11 is 0. The quantitative estimate of drug-likeness (QED) is 0.636. The normalized spacial score (nSPS) is 20.4. The summed E-state index contributed by atoms with van der Waals surface area (Å²) in [6, 6.07) is 1.97. The van der Waals surface area contributed by atoms with Crippen LogP contribution in [0.3, 0.4) is 0 Å². The molecule has 8 nitrogen and oxygen atoms in total. The number of nitrogens with one attached hydrogen (secondary N) is 3. The topological polar surface area (TPSA) is 95.3 Å². The molecule has 1 amide bonds. The highest BCUT2D eigenvalue weighted by Crippen LogP contribution is 2.27. The molecule has 0 spiro atoms. The summed E-state index contributed by atoms with van der Waals surface area (Å²) in [7, 11) is 1.81. The summed E-state index contributed by atoms with van der Waals surface area (Å²) in [5.41, 5.74) is 2.91. The van der Waals surface area contributed by atoms with Gasteiger partial charge in [-0.15, -0.1) is 0 Å². The molecule has 4 rings (SSSR count). The molecule has 0 saturated carbocycles. The van der Waals surface area contributed by atoms with Gasteiger partial charge in [-0.25, -0.2) is 18.4 Å². The standard InChI is InChI=1S/C19H24F2N6O2/c1-26(18(28)11-5-7-29-10-11)6-3-2-4-15-23-17-13-8-12(20)9-14(21)16(13)24-19(22)27(17)25-15/h8-9,11,15,22-23,25H,2-7,10H2,1H3. The molecule has 29 heavy (non-hydrogen) atoms. The Kier molecular flexibility index (Phi) is 5.35. The van der Waals surface area contributed by atoms with Crippen molar-refractivity contribution in [2.45, 2.75) is 31.8 Å². The summed E-state index contributed by atoms with van der Waals surface area (Å²) in [5, 5.41) is 11.5. The number of carbonyl (C=O) groups excluding carboxylic acids is 1. The van der Waals surface area contributed by atoms with Gasteiger partial charge in [-0.1, -0.05) is 0 Å². The van der Waals surface area contributed by atoms with Gasteiger partial charge in [-0.3, -0.25) is 15.6 Å². The Hall–Kier alpha value is -2.75. The Bertz CT molecular complexity index is 989. The molecule has 156 valence electrons. The zero-order valence-electron chi connectivity index (χ0n) is 16.2. The van der Waals surface area contributed by atoms with Crippen molar-refractivity contribution >= 4 is 22.6 Å². The van der Waals surface area contributed by atoms with E-state index < -0.39 is 11.6 Å². The minimum Gasteiger partial charge on any atom is -0.381 e. The van der Waals surface area contributed by atoms with E-state index in [1.54, 1.807) is 4.90 Å². The number of ether oxygens (including phenoxy) is 1. The number of halogens is 2. The second kappa shape index (κ2) is 7.94. The Balaban J connectivity index is 1.34. The van der Waals surface area contributed by atoms with Gasteiger partial charge in [0, 0.05) is 31.7 Å². The van der Waals surface area contributed by atoms with E-state index in [2.05, 4.69) is 15.7 Å². The first-order chi connectivity index (χ1) is 13.9. The SMILES string of the molecule is CN(CCCCC1Nc2c3cc(F)cc(F)c3nc(=N)n2N1)C(=O)C1CCOC1. The fourth-order valence-electron chi connectivity index (χ4n) is 3.85. The molecular formula is C19H24F2N6O2. The van der Waals surface area contributed by atoms with E-state index in [0.29, 0.717) is 25.6 Å². The van der Waals surface area contributed by atoms with Crippen molar-refractivity contribution in [2.75, 3.05) is 37.5 Å². The number of hydrogen-bond donors (Lipinski definition) is 3. The lowest BCUT2D eigenvalue weighted by Crippen LogP contribution is -2.34. The molecule has 2 aromatic rings. The minimum atomic E-state index is -0.789. The van der Waals surface area contributed by atoms with Gasteiger partial charge in [-0.05, 0) is 31.7 Å². The monoisotopic (exact) mass is 406 g/mol. The lowest BCUT2D eigenvalue weighted by molar-refractivity contribution is -0.134. The van der Waals surface area contributed by atoms with Crippen LogP contribution >= 0.6 is 0 Å². The number of carbonyl (C=O) groups is 1. The second-order valence-corrected chi connectivity index (χ2v) is 7.55. The van der Waals surface area contributed by atoms with Gasteiger partial charge in [0.1, 0.15) is 23.3 Å². The van der Waals surface area contributed by atoms with E-state index in [9.17, 15) is 13.6 Å². The maximum absolute atomic E-state index is 14.0. The summed E-state index contributed by atoms with van der Waals surface area (Å²) in [6.45, 7) is 1.82. The van der Waals surface area contributed by atoms with Crippen LogP contribution in [0.15, 0.2) is 12.1 Å². The molecule has 3 heterocycles. The Morgan fingerprint density at radius 1 is 1.41 bits per heavy atom. The first-order valence-corrected chi connectivity index (χ1v) is 9.76. The number of aromatic nitrogens is 2. The predicted molar refractivity (Wildman–Crippen MR) is 103 cm³/mol. The number of fused-ring (bicyclic) bond motifs is 3. The van der Waals surface area contributed by atoms with Gasteiger partial charge in [0.05, 0.1) is 12.5 Å². The van der Waals surface area contributed by atoms with Crippen molar-refractivity contribution in [2.24, 2.45) is 5.92 Å². The molecule has 2 aliphatic rings. The van der Waals surface area contributed by atoms with Gasteiger partial charge in [-0.2, -0.15) is 0 Å². The molecule has 1 aromatic carbocycles. The third-order valence-electron chi connectivity index (χ3n) is 5.42. The molecule has 2 unspecified atom stereocenters. The number of hydrogen-bond acceptors (Lipinski definition) is 6. The van der Waals surface area contributed by atoms with Crippen LogP contribution in [-0.2, 0) is 9.53 Å². The van der Waals surface area contributed by atoms with Gasteiger partial charge < -0.3 is 15.0 Å². The highest BCUT2D eigenvalue weighted by atomic mass is 19.1. The maximum atomic E-state index is 14.0. The predicted octanol–water partition coefficient (Wildman–Crippen LogP) is 1.75. The number of anilines is 1. The number of nitrogens with zero attached hydrogens (tertiary/aromatic N) is 3. The lowest BCUT2D eigenvalue weighted by Gasteiger charge is -2.20. The van der Waals surface area contributed by atoms with Crippen LogP contribution in [0.1, 0.15) is 25.7 Å². The highest BCUT2D eigenvalue weighted by molar-refractivity contribution is 5.90. The molecule has 10 heteroatoms. The van der Waals surface area contributed by atoms with Crippen LogP contribution in [-0.4, -0.2) is 53.4 Å². The zero-order valence-corrected chi connectivity index (χ0v) is 16.2. The average molecular weight is 406 g/mol. The van der Waals surface area contributed by atoms with Gasteiger partial charge in [0.2, 0.25) is 11.5 Å². The van der Waals surface area contributed by atoms with Crippen molar-refractivity contribution in [3.8, 4) is 0 Å². The van der Waals surface area contributed by atoms with Crippen LogP contribution in [0.25, 0.3) is 10.9 Å². The smallest absolute Gasteiger partial charge is 0.243 e. The lowest BCUT2D eigenvalue weighted by atomic mass is 10.1. The number of rotatable bonds is 6. The Morgan fingerprint density at radius 2 is 2.24 bits per heavy atom. The van der Waals surface area contributed by atoms with Crippen molar-refractivity contribution in [3.05, 3.63) is 29.4 Å². The third-order valence-corrected chi connectivity index (χ3v) is 5.42. The first kappa shape index (κ1) is 19.6. The largest absolute Gasteiger partial charge is 0.381 e. The van der Waals surface area contributed by atoms with Crippen LogP contribution < -0.4 is 16.4 Å². The second-order valence-electron chi connectivity index (χ2n) is 7.55. The molecule has 3 N–H and O–H groups in total. The van der Waals surface area contributed by atoms with Gasteiger partial charge >= 0.3 is 0 Å². The summed E-state index contributed by atoms with van der Waals surface area (Å²) in [4.78, 5) is 18.0. The number of benzene rings is 1. The van der Waals surface area contributed by atoms with Crippen LogP contribution in [0.4, 0.5) is 14.6 Å². The van der Waals surface area contributed by atoms with Crippen molar-refractivity contribution < 1.29 is 18.3 Å². The summed E-state index contributed by atoms with van der Waals surface area (Å²) in [5.74, 6) is -0.952. The van der Waals surface area contributed by atoms with Crippen molar-refractivity contribution in [3.63, 3.8) is 0 Å². The molecule has 0 aliphatic carbocycles. The fourth-order valence-corrected chi connectivity index (χ4v) is 3.85. The van der Waals surface area contributed by atoms with Gasteiger partial charge in [0.25, 0.3) is 0 Å². The van der Waals surface area contributed by atoms with E-state index >= 15 is 0 Å². The summed E-state index contributed by atoms with van der Waals surface area (Å²) < 4.78 is 34.3. The maximum Gasteiger partial charge on any atom is 0.243 e. The zero-order chi connectivity index (χ0) is 20.5. The van der Waals surface area contributed by atoms with Crippen LogP contribution in [0, 0.1) is 23.0 Å². The number of unbranched alkanes of at least 4 members (excludes halogenated alkanes) is 1. The van der Waals surface area contributed by atoms with E-state index in [1.807, 2.05) is 7.05 Å². The Morgan fingerprint density at radius 3 is 3.00 bits per heavy atom. The molecule has 1 saturated heterocycles. The third kappa shape index (κ3) is 3.89. The van der Waals surface area contributed by atoms with Crippen molar-refractivity contribution in [1.82, 2.24) is 14.6 Å². The minimum absolute atomic E-state index is 0.0267. The molecule has 0 bridgehead atoms. The molecule has 0 radical (unpaired) electrons.